The fourth-order valence-corrected chi connectivity index (χ4v) is 4.40. The number of anilines is 1. The van der Waals surface area contributed by atoms with E-state index >= 15 is 0 Å². The Bertz CT molecular complexity index is 775. The number of aromatic nitrogens is 1. The highest BCUT2D eigenvalue weighted by molar-refractivity contribution is 5.90. The first-order chi connectivity index (χ1) is 12.6. The van der Waals surface area contributed by atoms with Crippen molar-refractivity contribution >= 4 is 11.6 Å². The van der Waals surface area contributed by atoms with Gasteiger partial charge in [0, 0.05) is 18.3 Å². The molecule has 138 valence electrons. The van der Waals surface area contributed by atoms with Crippen LogP contribution in [0, 0.1) is 13.8 Å². The second-order valence-electron chi connectivity index (χ2n) is 7.81. The largest absolute Gasteiger partial charge is 0.371 e. The Morgan fingerprint density at radius 1 is 1.19 bits per heavy atom. The summed E-state index contributed by atoms with van der Waals surface area (Å²) < 4.78 is 5.49. The number of rotatable bonds is 4. The molecular formula is C21H27N3O2. The highest BCUT2D eigenvalue weighted by atomic mass is 16.5. The maximum atomic E-state index is 13.6. The minimum atomic E-state index is -0.493. The van der Waals surface area contributed by atoms with E-state index in [0.717, 1.165) is 62.2 Å². The Labute approximate surface area is 154 Å². The summed E-state index contributed by atoms with van der Waals surface area (Å²) in [6, 6.07) is 10.3. The Morgan fingerprint density at radius 3 is 2.58 bits per heavy atom. The van der Waals surface area contributed by atoms with E-state index in [4.69, 9.17) is 4.52 Å². The summed E-state index contributed by atoms with van der Waals surface area (Å²) in [7, 11) is 0. The molecule has 2 aromatic rings. The van der Waals surface area contributed by atoms with Gasteiger partial charge in [0.25, 0.3) is 0 Å². The molecule has 4 rings (SSSR count). The molecule has 1 N–H and O–H groups in total. The zero-order chi connectivity index (χ0) is 18.1. The van der Waals surface area contributed by atoms with Gasteiger partial charge in [-0.25, -0.2) is 0 Å². The van der Waals surface area contributed by atoms with E-state index < -0.39 is 5.54 Å². The Hall–Kier alpha value is -2.30. The highest BCUT2D eigenvalue weighted by Gasteiger charge is 2.47. The first-order valence-electron chi connectivity index (χ1n) is 9.67. The van der Waals surface area contributed by atoms with E-state index in [1.54, 1.807) is 0 Å². The number of carbonyl (C=O) groups excluding carboxylic acids is 1. The van der Waals surface area contributed by atoms with Crippen LogP contribution in [0.15, 0.2) is 34.9 Å². The first kappa shape index (κ1) is 17.1. The number of hydrogen-bond acceptors (Lipinski definition) is 4. The van der Waals surface area contributed by atoms with Crippen LogP contribution in [-0.4, -0.2) is 28.0 Å². The summed E-state index contributed by atoms with van der Waals surface area (Å²) in [5.41, 5.74) is 2.62. The van der Waals surface area contributed by atoms with Gasteiger partial charge in [-0.05, 0) is 51.7 Å². The second kappa shape index (κ2) is 6.78. The topological polar surface area (TPSA) is 58.4 Å². The molecule has 1 aliphatic heterocycles. The van der Waals surface area contributed by atoms with Gasteiger partial charge in [-0.3, -0.25) is 4.79 Å². The molecule has 1 aliphatic carbocycles. The van der Waals surface area contributed by atoms with Crippen LogP contribution in [0.1, 0.15) is 61.6 Å². The summed E-state index contributed by atoms with van der Waals surface area (Å²) in [6.45, 7) is 4.79. The predicted molar refractivity (Wildman–Crippen MR) is 101 cm³/mol. The lowest BCUT2D eigenvalue weighted by Gasteiger charge is -2.36. The number of aryl methyl sites for hydroxylation is 2. The van der Waals surface area contributed by atoms with E-state index in [-0.39, 0.29) is 11.9 Å². The van der Waals surface area contributed by atoms with Crippen LogP contribution in [-0.2, 0) is 4.79 Å². The Balaban J connectivity index is 1.59. The average molecular weight is 353 g/mol. The Morgan fingerprint density at radius 2 is 1.92 bits per heavy atom. The minimum Gasteiger partial charge on any atom is -0.371 e. The number of amides is 1. The zero-order valence-corrected chi connectivity index (χ0v) is 15.6. The lowest BCUT2D eigenvalue weighted by atomic mass is 9.94. The Kier molecular flexibility index (Phi) is 4.47. The second-order valence-corrected chi connectivity index (χ2v) is 7.81. The van der Waals surface area contributed by atoms with Gasteiger partial charge < -0.3 is 14.7 Å². The molecular weight excluding hydrogens is 326 g/mol. The lowest BCUT2D eigenvalue weighted by molar-refractivity contribution is -0.137. The van der Waals surface area contributed by atoms with Gasteiger partial charge in [0.2, 0.25) is 5.91 Å². The van der Waals surface area contributed by atoms with Crippen molar-refractivity contribution in [2.75, 3.05) is 11.9 Å². The predicted octanol–water partition coefficient (Wildman–Crippen LogP) is 4.38. The third-order valence-corrected chi connectivity index (χ3v) is 5.79. The van der Waals surface area contributed by atoms with E-state index in [0.29, 0.717) is 0 Å². The van der Waals surface area contributed by atoms with E-state index in [2.05, 4.69) is 41.7 Å². The van der Waals surface area contributed by atoms with Gasteiger partial charge in [0.1, 0.15) is 5.54 Å². The molecule has 1 amide bonds. The normalized spacial score (nSPS) is 21.9. The summed E-state index contributed by atoms with van der Waals surface area (Å²) >= 11 is 0. The molecule has 0 radical (unpaired) electrons. The van der Waals surface area contributed by atoms with Gasteiger partial charge in [-0.1, -0.05) is 35.7 Å². The van der Waals surface area contributed by atoms with Crippen LogP contribution in [0.3, 0.4) is 0 Å². The number of likely N-dealkylation sites (tertiary alicyclic amines) is 1. The molecule has 1 atom stereocenters. The number of carbonyl (C=O) groups is 1. The highest BCUT2D eigenvalue weighted by Crippen LogP contribution is 2.40. The third-order valence-electron chi connectivity index (χ3n) is 5.79. The van der Waals surface area contributed by atoms with Gasteiger partial charge in [-0.15, -0.1) is 0 Å². The van der Waals surface area contributed by atoms with Crippen molar-refractivity contribution < 1.29 is 9.32 Å². The SMILES string of the molecule is Cc1ccc(NC2(C(=O)N3CCC[C@@H]3c3cc(C)no3)CCCC2)cc1. The first-order valence-corrected chi connectivity index (χ1v) is 9.67. The van der Waals surface area contributed by atoms with E-state index in [1.165, 1.54) is 5.56 Å². The number of hydrogen-bond donors (Lipinski definition) is 1. The van der Waals surface area contributed by atoms with Crippen molar-refractivity contribution in [2.45, 2.75) is 64.0 Å². The number of nitrogens with one attached hydrogen (secondary N) is 1. The molecule has 1 saturated heterocycles. The van der Waals surface area contributed by atoms with Crippen LogP contribution >= 0.6 is 0 Å². The fourth-order valence-electron chi connectivity index (χ4n) is 4.40. The van der Waals surface area contributed by atoms with Gasteiger partial charge in [0.15, 0.2) is 5.76 Å². The molecule has 0 bridgehead atoms. The third kappa shape index (κ3) is 3.11. The van der Waals surface area contributed by atoms with E-state index in [1.807, 2.05) is 17.9 Å². The van der Waals surface area contributed by atoms with Crippen molar-refractivity contribution in [1.29, 1.82) is 0 Å². The number of benzene rings is 1. The molecule has 1 saturated carbocycles. The summed E-state index contributed by atoms with van der Waals surface area (Å²) in [5, 5.41) is 7.62. The molecule has 5 nitrogen and oxygen atoms in total. The van der Waals surface area contributed by atoms with Crippen LogP contribution in [0.4, 0.5) is 5.69 Å². The monoisotopic (exact) mass is 353 g/mol. The van der Waals surface area contributed by atoms with Crippen molar-refractivity contribution in [3.8, 4) is 0 Å². The molecule has 1 aromatic carbocycles. The van der Waals surface area contributed by atoms with Crippen molar-refractivity contribution in [3.63, 3.8) is 0 Å². The molecule has 1 aromatic heterocycles. The zero-order valence-electron chi connectivity index (χ0n) is 15.6. The van der Waals surface area contributed by atoms with Crippen LogP contribution < -0.4 is 5.32 Å². The van der Waals surface area contributed by atoms with Crippen molar-refractivity contribution in [2.24, 2.45) is 0 Å². The molecule has 2 heterocycles. The van der Waals surface area contributed by atoms with Crippen molar-refractivity contribution in [1.82, 2.24) is 10.1 Å². The maximum Gasteiger partial charge on any atom is 0.248 e. The minimum absolute atomic E-state index is 0.0148. The molecule has 0 unspecified atom stereocenters. The quantitative estimate of drug-likeness (QED) is 0.886. The van der Waals surface area contributed by atoms with Crippen LogP contribution in [0.25, 0.3) is 0 Å². The fraction of sp³-hybridized carbons (Fsp3) is 0.524. The van der Waals surface area contributed by atoms with Gasteiger partial charge in [-0.2, -0.15) is 0 Å². The number of nitrogens with zero attached hydrogens (tertiary/aromatic N) is 2. The van der Waals surface area contributed by atoms with Crippen LogP contribution in [0.2, 0.25) is 0 Å². The van der Waals surface area contributed by atoms with Crippen LogP contribution in [0.5, 0.6) is 0 Å². The van der Waals surface area contributed by atoms with Gasteiger partial charge in [0.05, 0.1) is 11.7 Å². The molecule has 2 aliphatic rings. The molecule has 26 heavy (non-hydrogen) atoms. The average Bonchev–Trinajstić information content (AvgIpc) is 3.37. The van der Waals surface area contributed by atoms with Crippen molar-refractivity contribution in [3.05, 3.63) is 47.3 Å². The summed E-state index contributed by atoms with van der Waals surface area (Å²) in [6.07, 6.45) is 5.91. The lowest BCUT2D eigenvalue weighted by Crippen LogP contribution is -2.52. The van der Waals surface area contributed by atoms with Gasteiger partial charge >= 0.3 is 0 Å². The van der Waals surface area contributed by atoms with E-state index in [9.17, 15) is 4.79 Å². The maximum absolute atomic E-state index is 13.6. The standard InChI is InChI=1S/C21H27N3O2/c1-15-7-9-17(10-8-15)22-21(11-3-4-12-21)20(25)24-13-5-6-18(24)19-14-16(2)23-26-19/h7-10,14,18,22H,3-6,11-13H2,1-2H3/t18-/m1/s1. The molecule has 5 heteroatoms. The molecule has 0 spiro atoms. The molecule has 2 fully saturated rings. The summed E-state index contributed by atoms with van der Waals surface area (Å²) in [4.78, 5) is 15.7. The smallest absolute Gasteiger partial charge is 0.248 e. The summed E-state index contributed by atoms with van der Waals surface area (Å²) in [5.74, 6) is 1.03.